The molecule has 0 aromatic heterocycles. The summed E-state index contributed by atoms with van der Waals surface area (Å²) in [5.74, 6) is -0.0617. The van der Waals surface area contributed by atoms with Gasteiger partial charge in [-0.05, 0) is 36.6 Å². The molecule has 0 spiro atoms. The zero-order valence-electron chi connectivity index (χ0n) is 14.6. The van der Waals surface area contributed by atoms with Crippen LogP contribution in [0.5, 0.6) is 17.2 Å². The maximum Gasteiger partial charge on any atom is 1.00 e. The van der Waals surface area contributed by atoms with E-state index in [0.29, 0.717) is 5.75 Å². The van der Waals surface area contributed by atoms with Crippen LogP contribution < -0.4 is 39.4 Å². The van der Waals surface area contributed by atoms with E-state index in [-0.39, 0.29) is 35.3 Å². The quantitative estimate of drug-likeness (QED) is 0.423. The molecule has 5 nitrogen and oxygen atoms in total. The standard InChI is InChI=1S/C18H22O5S.Na/c1-2-3-4-5-8-14-9-6-7-10-16(14)23-17-13-15(19)11-12-18(17)24(20,21)22;/h6-7,9-13,19H,2-5,8H2,1H3,(H,20,21,22);/q;+1/p-1. The number of benzene rings is 2. The maximum atomic E-state index is 11.5. The van der Waals surface area contributed by atoms with Crippen molar-refractivity contribution < 1.29 is 52.4 Å². The summed E-state index contributed by atoms with van der Waals surface area (Å²) in [7, 11) is -4.47. The second kappa shape index (κ2) is 10.2. The molecule has 0 saturated heterocycles. The van der Waals surface area contributed by atoms with Crippen molar-refractivity contribution in [3.05, 3.63) is 48.0 Å². The molecule has 0 aliphatic heterocycles. The molecule has 130 valence electrons. The van der Waals surface area contributed by atoms with Gasteiger partial charge in [0.15, 0.2) is 0 Å². The third-order valence-corrected chi connectivity index (χ3v) is 4.58. The number of unbranched alkanes of at least 4 members (excludes halogenated alkanes) is 3. The first kappa shape index (κ1) is 22.0. The largest absolute Gasteiger partial charge is 1.00 e. The predicted octanol–water partition coefficient (Wildman–Crippen LogP) is 0.926. The number of para-hydroxylation sites is 1. The van der Waals surface area contributed by atoms with Gasteiger partial charge in [0.2, 0.25) is 0 Å². The van der Waals surface area contributed by atoms with Crippen molar-refractivity contribution in [2.45, 2.75) is 43.9 Å². The molecule has 0 bridgehead atoms. The first-order valence-corrected chi connectivity index (χ1v) is 9.40. The van der Waals surface area contributed by atoms with Crippen LogP contribution in [0.25, 0.3) is 0 Å². The Labute approximate surface area is 171 Å². The molecule has 2 rings (SSSR count). The fourth-order valence-electron chi connectivity index (χ4n) is 2.45. The Hall–Kier alpha value is -1.05. The zero-order chi connectivity index (χ0) is 17.6. The molecule has 0 amide bonds. The topological polar surface area (TPSA) is 86.7 Å². The van der Waals surface area contributed by atoms with Crippen molar-refractivity contribution in [1.82, 2.24) is 0 Å². The van der Waals surface area contributed by atoms with Crippen LogP contribution in [0.15, 0.2) is 47.4 Å². The molecular weight excluding hydrogens is 351 g/mol. The summed E-state index contributed by atoms with van der Waals surface area (Å²) in [5, 5.41) is 11.5. The Kier molecular flexibility index (Phi) is 8.96. The van der Waals surface area contributed by atoms with Crippen molar-refractivity contribution in [2.75, 3.05) is 0 Å². The number of hydrogen-bond acceptors (Lipinski definition) is 4. The van der Waals surface area contributed by atoms with E-state index in [9.17, 15) is 18.1 Å². The third kappa shape index (κ3) is 6.64. The van der Waals surface area contributed by atoms with Crippen molar-refractivity contribution in [3.8, 4) is 17.2 Å². The van der Waals surface area contributed by atoms with Crippen molar-refractivity contribution in [1.29, 1.82) is 0 Å². The van der Waals surface area contributed by atoms with E-state index in [1.165, 1.54) is 0 Å². The number of rotatable bonds is 8. The molecule has 0 aliphatic carbocycles. The van der Waals surface area contributed by atoms with Crippen LogP contribution in [0, 0.1) is 0 Å². The minimum absolute atomic E-state index is 0. The van der Waals surface area contributed by atoms with Gasteiger partial charge in [0.1, 0.15) is 16.4 Å². The van der Waals surface area contributed by atoms with Crippen molar-refractivity contribution in [3.63, 3.8) is 0 Å². The molecule has 0 atom stereocenters. The van der Waals surface area contributed by atoms with E-state index in [4.69, 9.17) is 4.74 Å². The molecule has 2 aromatic carbocycles. The second-order valence-electron chi connectivity index (χ2n) is 5.60. The summed E-state index contributed by atoms with van der Waals surface area (Å²) in [4.78, 5) is -0.414. The van der Waals surface area contributed by atoms with Crippen LogP contribution in [0.2, 0.25) is 0 Å². The van der Waals surface area contributed by atoms with Crippen LogP contribution in [-0.4, -0.2) is 13.0 Å². The van der Waals surface area contributed by atoms with Gasteiger partial charge in [0, 0.05) is 0 Å². The molecule has 0 heterocycles. The average molecular weight is 372 g/mol. The van der Waals surface area contributed by atoms with Crippen LogP contribution >= 0.6 is 0 Å². The molecule has 0 fully saturated rings. The maximum absolute atomic E-state index is 11.5. The van der Waals surface area contributed by atoms with Crippen molar-refractivity contribution in [2.24, 2.45) is 0 Å². The summed E-state index contributed by atoms with van der Waals surface area (Å²) >= 11 is 0. The fourth-order valence-corrected chi connectivity index (χ4v) is 3.05. The zero-order valence-corrected chi connectivity index (χ0v) is 17.4. The smallest absolute Gasteiger partial charge is 0.872 e. The monoisotopic (exact) mass is 372 g/mol. The van der Waals surface area contributed by atoms with E-state index in [1.54, 1.807) is 12.1 Å². The number of aryl methyl sites for hydroxylation is 1. The third-order valence-electron chi connectivity index (χ3n) is 3.69. The molecule has 0 saturated carbocycles. The molecule has 25 heavy (non-hydrogen) atoms. The molecule has 2 aromatic rings. The Morgan fingerprint density at radius 1 is 1.04 bits per heavy atom. The van der Waals surface area contributed by atoms with Gasteiger partial charge in [-0.2, -0.15) is 8.42 Å². The van der Waals surface area contributed by atoms with Crippen LogP contribution in [0.4, 0.5) is 0 Å². The number of ether oxygens (including phenoxy) is 1. The van der Waals surface area contributed by atoms with Gasteiger partial charge < -0.3 is 9.84 Å². The summed E-state index contributed by atoms with van der Waals surface area (Å²) < 4.78 is 37.9. The Bertz CT molecular complexity index is 790. The first-order valence-electron chi connectivity index (χ1n) is 7.96. The minimum atomic E-state index is -4.47. The predicted molar refractivity (Wildman–Crippen MR) is 90.1 cm³/mol. The van der Waals surface area contributed by atoms with E-state index >= 15 is 0 Å². The van der Waals surface area contributed by atoms with Gasteiger partial charge in [-0.1, -0.05) is 50.5 Å². The van der Waals surface area contributed by atoms with E-state index in [1.807, 2.05) is 12.1 Å². The molecular formula is C18H21NaO5S. The van der Waals surface area contributed by atoms with Gasteiger partial charge in [-0.25, -0.2) is 0 Å². The Balaban J connectivity index is 0.00000312. The molecule has 7 heteroatoms. The van der Waals surface area contributed by atoms with E-state index in [0.717, 1.165) is 55.9 Å². The summed E-state index contributed by atoms with van der Waals surface area (Å²) in [6.45, 7) is 2.14. The average Bonchev–Trinajstić information content (AvgIpc) is 2.52. The van der Waals surface area contributed by atoms with Gasteiger partial charge in [0.05, 0.1) is 0 Å². The van der Waals surface area contributed by atoms with Crippen molar-refractivity contribution >= 4 is 10.1 Å². The van der Waals surface area contributed by atoms with E-state index < -0.39 is 20.8 Å². The van der Waals surface area contributed by atoms with Gasteiger partial charge in [-0.3, -0.25) is 4.55 Å². The Morgan fingerprint density at radius 3 is 2.44 bits per heavy atom. The minimum Gasteiger partial charge on any atom is -0.872 e. The van der Waals surface area contributed by atoms with Gasteiger partial charge in [-0.15, -0.1) is 5.75 Å². The molecule has 1 N–H and O–H groups in total. The van der Waals surface area contributed by atoms with Crippen LogP contribution in [0.3, 0.4) is 0 Å². The second-order valence-corrected chi connectivity index (χ2v) is 6.99. The first-order chi connectivity index (χ1) is 11.4. The Morgan fingerprint density at radius 2 is 1.76 bits per heavy atom. The van der Waals surface area contributed by atoms with Crippen LogP contribution in [-0.2, 0) is 16.5 Å². The molecule has 0 aliphatic rings. The molecule has 0 radical (unpaired) electrons. The van der Waals surface area contributed by atoms with E-state index in [2.05, 4.69) is 6.92 Å². The SMILES string of the molecule is CCCCCCc1ccccc1Oc1cc([O-])ccc1S(=O)(=O)O.[Na+]. The van der Waals surface area contributed by atoms with Gasteiger partial charge >= 0.3 is 29.6 Å². The summed E-state index contributed by atoms with van der Waals surface area (Å²) in [5.41, 5.74) is 0.936. The van der Waals surface area contributed by atoms with Gasteiger partial charge in [0.25, 0.3) is 10.1 Å². The normalized spacial score (nSPS) is 11.0. The van der Waals surface area contributed by atoms with Crippen LogP contribution in [0.1, 0.15) is 38.2 Å². The number of hydrogen-bond donors (Lipinski definition) is 1. The summed E-state index contributed by atoms with van der Waals surface area (Å²) in [6, 6.07) is 10.5. The summed E-state index contributed by atoms with van der Waals surface area (Å²) in [6.07, 6.45) is 5.22. The fraction of sp³-hybridized carbons (Fsp3) is 0.333. The molecule has 0 unspecified atom stereocenters.